The number of non-ortho nitro benzene ring substituents is 1. The van der Waals surface area contributed by atoms with E-state index in [0.29, 0.717) is 12.8 Å². The van der Waals surface area contributed by atoms with Gasteiger partial charge in [-0.05, 0) is 31.4 Å². The Labute approximate surface area is 166 Å². The maximum Gasteiger partial charge on any atom is 0.325 e. The van der Waals surface area contributed by atoms with Gasteiger partial charge in [-0.3, -0.25) is 24.6 Å². The van der Waals surface area contributed by atoms with Crippen LogP contribution in [0.15, 0.2) is 54.6 Å². The van der Waals surface area contributed by atoms with E-state index in [4.69, 9.17) is 0 Å². The van der Waals surface area contributed by atoms with E-state index >= 15 is 0 Å². The van der Waals surface area contributed by atoms with Gasteiger partial charge in [0, 0.05) is 17.8 Å². The van der Waals surface area contributed by atoms with Gasteiger partial charge < -0.3 is 10.6 Å². The number of carbonyl (C=O) groups excluding carboxylic acids is 3. The molecule has 150 valence electrons. The summed E-state index contributed by atoms with van der Waals surface area (Å²) in [5.41, 5.74) is -0.0225. The number of nitro groups is 1. The highest BCUT2D eigenvalue weighted by Gasteiger charge is 2.47. The van der Waals surface area contributed by atoms with E-state index in [1.54, 1.807) is 6.92 Å². The second-order valence-corrected chi connectivity index (χ2v) is 6.99. The van der Waals surface area contributed by atoms with Gasteiger partial charge in [0.1, 0.15) is 12.1 Å². The molecule has 2 aromatic rings. The van der Waals surface area contributed by atoms with Crippen molar-refractivity contribution in [3.05, 3.63) is 70.3 Å². The molecule has 1 unspecified atom stereocenters. The first-order chi connectivity index (χ1) is 13.8. The maximum atomic E-state index is 12.8. The Morgan fingerprint density at radius 1 is 1.17 bits per heavy atom. The summed E-state index contributed by atoms with van der Waals surface area (Å²) >= 11 is 0. The van der Waals surface area contributed by atoms with Crippen LogP contribution in [0.5, 0.6) is 0 Å². The molecule has 4 amide bonds. The van der Waals surface area contributed by atoms with E-state index in [9.17, 15) is 24.5 Å². The summed E-state index contributed by atoms with van der Waals surface area (Å²) in [6.07, 6.45) is 0.988. The number of urea groups is 1. The molecule has 29 heavy (non-hydrogen) atoms. The van der Waals surface area contributed by atoms with Crippen molar-refractivity contribution in [3.8, 4) is 0 Å². The van der Waals surface area contributed by atoms with Gasteiger partial charge in [-0.2, -0.15) is 0 Å². The third-order valence-corrected chi connectivity index (χ3v) is 4.74. The van der Waals surface area contributed by atoms with E-state index in [0.717, 1.165) is 10.5 Å². The predicted molar refractivity (Wildman–Crippen MR) is 105 cm³/mol. The molecule has 1 aliphatic heterocycles. The number of rotatable bonds is 7. The first-order valence-corrected chi connectivity index (χ1v) is 9.01. The van der Waals surface area contributed by atoms with Crippen molar-refractivity contribution in [3.63, 3.8) is 0 Å². The van der Waals surface area contributed by atoms with Crippen molar-refractivity contribution in [1.82, 2.24) is 10.2 Å². The Hall–Kier alpha value is -3.75. The third kappa shape index (κ3) is 4.57. The molecular weight excluding hydrogens is 376 g/mol. The predicted octanol–water partition coefficient (Wildman–Crippen LogP) is 2.48. The number of nitro benzene ring substituents is 1. The normalized spacial score (nSPS) is 18.4. The molecule has 0 bridgehead atoms. The SMILES string of the molecule is CC1(CCc2ccccc2)NC(=O)N(CC(=O)Nc2cccc([N+](=O)[O-])c2)C1=O. The molecule has 0 spiro atoms. The van der Waals surface area contributed by atoms with Gasteiger partial charge in [-0.1, -0.05) is 36.4 Å². The van der Waals surface area contributed by atoms with Crippen molar-refractivity contribution in [2.45, 2.75) is 25.3 Å². The Kier molecular flexibility index (Phi) is 5.58. The average Bonchev–Trinajstić information content (AvgIpc) is 2.91. The molecule has 1 aliphatic rings. The largest absolute Gasteiger partial charge is 0.325 e. The lowest BCUT2D eigenvalue weighted by Crippen LogP contribution is -2.45. The van der Waals surface area contributed by atoms with Crippen LogP contribution in [0.25, 0.3) is 0 Å². The fraction of sp³-hybridized carbons (Fsp3) is 0.250. The van der Waals surface area contributed by atoms with Gasteiger partial charge in [-0.25, -0.2) is 4.79 Å². The molecule has 1 atom stereocenters. The van der Waals surface area contributed by atoms with Crippen molar-refractivity contribution in [2.24, 2.45) is 0 Å². The fourth-order valence-electron chi connectivity index (χ4n) is 3.14. The molecule has 9 nitrogen and oxygen atoms in total. The molecule has 1 fully saturated rings. The minimum Gasteiger partial charge on any atom is -0.324 e. The molecule has 0 saturated carbocycles. The van der Waals surface area contributed by atoms with Gasteiger partial charge in [0.15, 0.2) is 0 Å². The summed E-state index contributed by atoms with van der Waals surface area (Å²) in [6, 6.07) is 14.4. The van der Waals surface area contributed by atoms with Gasteiger partial charge >= 0.3 is 6.03 Å². The van der Waals surface area contributed by atoms with Gasteiger partial charge in [0.2, 0.25) is 5.91 Å². The summed E-state index contributed by atoms with van der Waals surface area (Å²) < 4.78 is 0. The smallest absolute Gasteiger partial charge is 0.324 e. The molecule has 3 rings (SSSR count). The lowest BCUT2D eigenvalue weighted by Gasteiger charge is -2.21. The van der Waals surface area contributed by atoms with E-state index in [1.165, 1.54) is 24.3 Å². The summed E-state index contributed by atoms with van der Waals surface area (Å²) in [7, 11) is 0. The number of nitrogens with one attached hydrogen (secondary N) is 2. The van der Waals surface area contributed by atoms with Crippen LogP contribution < -0.4 is 10.6 Å². The van der Waals surface area contributed by atoms with Crippen molar-refractivity contribution in [2.75, 3.05) is 11.9 Å². The first-order valence-electron chi connectivity index (χ1n) is 9.01. The van der Waals surface area contributed by atoms with Crippen LogP contribution in [0.2, 0.25) is 0 Å². The van der Waals surface area contributed by atoms with Gasteiger partial charge in [0.05, 0.1) is 4.92 Å². The highest BCUT2D eigenvalue weighted by molar-refractivity contribution is 6.09. The summed E-state index contributed by atoms with van der Waals surface area (Å²) in [6.45, 7) is 1.16. The highest BCUT2D eigenvalue weighted by Crippen LogP contribution is 2.23. The zero-order chi connectivity index (χ0) is 21.0. The summed E-state index contributed by atoms with van der Waals surface area (Å²) in [5, 5.41) is 16.0. The second kappa shape index (κ2) is 8.09. The first kappa shape index (κ1) is 20.0. The minimum atomic E-state index is -1.10. The molecule has 1 saturated heterocycles. The zero-order valence-electron chi connectivity index (χ0n) is 15.8. The Balaban J connectivity index is 1.62. The van der Waals surface area contributed by atoms with Crippen LogP contribution in [0.1, 0.15) is 18.9 Å². The second-order valence-electron chi connectivity index (χ2n) is 6.99. The topological polar surface area (TPSA) is 122 Å². The van der Waals surface area contributed by atoms with Gasteiger partial charge in [0.25, 0.3) is 11.6 Å². The summed E-state index contributed by atoms with van der Waals surface area (Å²) in [5.74, 6) is -1.10. The molecule has 9 heteroatoms. The fourth-order valence-corrected chi connectivity index (χ4v) is 3.14. The quantitative estimate of drug-likeness (QED) is 0.423. The van der Waals surface area contributed by atoms with E-state index in [1.807, 2.05) is 30.3 Å². The van der Waals surface area contributed by atoms with Crippen LogP contribution in [0, 0.1) is 10.1 Å². The molecule has 0 aromatic heterocycles. The Bertz CT molecular complexity index is 962. The molecule has 0 aliphatic carbocycles. The number of amides is 4. The molecule has 2 aromatic carbocycles. The van der Waals surface area contributed by atoms with Crippen LogP contribution in [0.4, 0.5) is 16.2 Å². The highest BCUT2D eigenvalue weighted by atomic mass is 16.6. The molecule has 1 heterocycles. The summed E-state index contributed by atoms with van der Waals surface area (Å²) in [4.78, 5) is 48.4. The number of hydrogen-bond donors (Lipinski definition) is 2. The number of nitrogens with zero attached hydrogens (tertiary/aromatic N) is 2. The monoisotopic (exact) mass is 396 g/mol. The number of anilines is 1. The zero-order valence-corrected chi connectivity index (χ0v) is 15.8. The Morgan fingerprint density at radius 2 is 1.90 bits per heavy atom. The average molecular weight is 396 g/mol. The number of carbonyl (C=O) groups is 3. The number of benzene rings is 2. The molecule has 2 N–H and O–H groups in total. The van der Waals surface area contributed by atoms with Crippen molar-refractivity contribution < 1.29 is 19.3 Å². The van der Waals surface area contributed by atoms with Crippen LogP contribution in [0.3, 0.4) is 0 Å². The lowest BCUT2D eigenvalue weighted by atomic mass is 9.93. The van der Waals surface area contributed by atoms with Crippen LogP contribution in [-0.2, 0) is 16.0 Å². The number of hydrogen-bond acceptors (Lipinski definition) is 5. The minimum absolute atomic E-state index is 0.175. The Morgan fingerprint density at radius 3 is 2.59 bits per heavy atom. The van der Waals surface area contributed by atoms with Crippen molar-refractivity contribution in [1.29, 1.82) is 0 Å². The number of aryl methyl sites for hydroxylation is 1. The van der Waals surface area contributed by atoms with E-state index < -0.39 is 34.9 Å². The number of imide groups is 1. The van der Waals surface area contributed by atoms with Crippen LogP contribution in [-0.4, -0.2) is 39.8 Å². The standard InChI is InChI=1S/C20H20N4O5/c1-20(11-10-14-6-3-2-4-7-14)18(26)23(19(27)22-20)13-17(25)21-15-8-5-9-16(12-15)24(28)29/h2-9,12H,10-11,13H2,1H3,(H,21,25)(H,22,27). The third-order valence-electron chi connectivity index (χ3n) is 4.74. The molecular formula is C20H20N4O5. The van der Waals surface area contributed by atoms with Crippen LogP contribution >= 0.6 is 0 Å². The lowest BCUT2D eigenvalue weighted by molar-refractivity contribution is -0.384. The van der Waals surface area contributed by atoms with Crippen molar-refractivity contribution >= 4 is 29.2 Å². The van der Waals surface area contributed by atoms with E-state index in [2.05, 4.69) is 10.6 Å². The van der Waals surface area contributed by atoms with Gasteiger partial charge in [-0.15, -0.1) is 0 Å². The maximum absolute atomic E-state index is 12.8. The van der Waals surface area contributed by atoms with E-state index in [-0.39, 0.29) is 11.4 Å². The molecule has 0 radical (unpaired) electrons.